The van der Waals surface area contributed by atoms with E-state index >= 15 is 0 Å². The van der Waals surface area contributed by atoms with E-state index in [4.69, 9.17) is 5.11 Å². The van der Waals surface area contributed by atoms with Gasteiger partial charge in [-0.05, 0) is 37.9 Å². The Morgan fingerprint density at radius 1 is 1.25 bits per heavy atom. The van der Waals surface area contributed by atoms with Gasteiger partial charge in [0, 0.05) is 6.54 Å². The molecule has 0 saturated carbocycles. The SMILES string of the molecule is CC(C)(O)CCNCc1cccc(CO)c1. The van der Waals surface area contributed by atoms with Gasteiger partial charge in [-0.1, -0.05) is 24.3 Å². The third-order valence-corrected chi connectivity index (χ3v) is 2.42. The van der Waals surface area contributed by atoms with E-state index < -0.39 is 5.60 Å². The largest absolute Gasteiger partial charge is 0.392 e. The molecule has 0 heterocycles. The molecule has 1 aromatic carbocycles. The summed E-state index contributed by atoms with van der Waals surface area (Å²) < 4.78 is 0. The van der Waals surface area contributed by atoms with E-state index in [-0.39, 0.29) is 6.61 Å². The molecule has 3 nitrogen and oxygen atoms in total. The first-order chi connectivity index (χ1) is 7.51. The number of aliphatic hydroxyl groups excluding tert-OH is 1. The van der Waals surface area contributed by atoms with Gasteiger partial charge in [-0.3, -0.25) is 0 Å². The molecule has 3 N–H and O–H groups in total. The highest BCUT2D eigenvalue weighted by Gasteiger charge is 2.10. The molecule has 0 aromatic heterocycles. The van der Waals surface area contributed by atoms with Crippen LogP contribution in [-0.2, 0) is 13.2 Å². The average molecular weight is 223 g/mol. The monoisotopic (exact) mass is 223 g/mol. The van der Waals surface area contributed by atoms with E-state index in [0.29, 0.717) is 0 Å². The summed E-state index contributed by atoms with van der Waals surface area (Å²) in [7, 11) is 0. The molecule has 3 heteroatoms. The Balaban J connectivity index is 2.32. The van der Waals surface area contributed by atoms with Gasteiger partial charge in [0.1, 0.15) is 0 Å². The first kappa shape index (κ1) is 13.2. The summed E-state index contributed by atoms with van der Waals surface area (Å²) in [5.41, 5.74) is 1.48. The van der Waals surface area contributed by atoms with E-state index in [1.54, 1.807) is 13.8 Å². The van der Waals surface area contributed by atoms with Crippen LogP contribution in [0.4, 0.5) is 0 Å². The lowest BCUT2D eigenvalue weighted by atomic mass is 10.1. The van der Waals surface area contributed by atoms with Crippen LogP contribution in [0.1, 0.15) is 31.4 Å². The second kappa shape index (κ2) is 5.99. The fraction of sp³-hybridized carbons (Fsp3) is 0.538. The van der Waals surface area contributed by atoms with Gasteiger partial charge in [0.15, 0.2) is 0 Å². The van der Waals surface area contributed by atoms with Crippen molar-refractivity contribution in [3.63, 3.8) is 0 Å². The van der Waals surface area contributed by atoms with Gasteiger partial charge in [0.05, 0.1) is 12.2 Å². The molecule has 0 bridgehead atoms. The lowest BCUT2D eigenvalue weighted by Gasteiger charge is -2.17. The highest BCUT2D eigenvalue weighted by molar-refractivity contribution is 5.22. The fourth-order valence-electron chi connectivity index (χ4n) is 1.46. The van der Waals surface area contributed by atoms with E-state index in [0.717, 1.165) is 30.6 Å². The molecule has 16 heavy (non-hydrogen) atoms. The van der Waals surface area contributed by atoms with Crippen LogP contribution < -0.4 is 5.32 Å². The predicted molar refractivity (Wildman–Crippen MR) is 65.0 cm³/mol. The molecule has 0 aliphatic rings. The number of rotatable bonds is 6. The van der Waals surface area contributed by atoms with Gasteiger partial charge in [0.25, 0.3) is 0 Å². The van der Waals surface area contributed by atoms with Crippen LogP contribution in [-0.4, -0.2) is 22.4 Å². The minimum absolute atomic E-state index is 0.0809. The lowest BCUT2D eigenvalue weighted by molar-refractivity contribution is 0.0711. The van der Waals surface area contributed by atoms with Gasteiger partial charge in [-0.15, -0.1) is 0 Å². The van der Waals surface area contributed by atoms with Crippen molar-refractivity contribution in [2.24, 2.45) is 0 Å². The number of nitrogens with one attached hydrogen (secondary N) is 1. The van der Waals surface area contributed by atoms with Crippen LogP contribution in [0.3, 0.4) is 0 Å². The van der Waals surface area contributed by atoms with Crippen molar-refractivity contribution < 1.29 is 10.2 Å². The molecule has 0 unspecified atom stereocenters. The molecule has 0 atom stereocenters. The molecule has 0 fully saturated rings. The highest BCUT2D eigenvalue weighted by Crippen LogP contribution is 2.07. The zero-order valence-electron chi connectivity index (χ0n) is 10.0. The number of hydrogen-bond acceptors (Lipinski definition) is 3. The maximum Gasteiger partial charge on any atom is 0.0681 e. The average Bonchev–Trinajstić information content (AvgIpc) is 2.23. The number of benzene rings is 1. The van der Waals surface area contributed by atoms with Gasteiger partial charge in [-0.25, -0.2) is 0 Å². The topological polar surface area (TPSA) is 52.5 Å². The first-order valence-electron chi connectivity index (χ1n) is 5.63. The second-order valence-corrected chi connectivity index (χ2v) is 4.72. The van der Waals surface area contributed by atoms with Crippen LogP contribution in [0.2, 0.25) is 0 Å². The van der Waals surface area contributed by atoms with Crippen LogP contribution in [0.25, 0.3) is 0 Å². The van der Waals surface area contributed by atoms with Gasteiger partial charge >= 0.3 is 0 Å². The van der Waals surface area contributed by atoms with Crippen LogP contribution in [0.15, 0.2) is 24.3 Å². The number of hydrogen-bond donors (Lipinski definition) is 3. The Hall–Kier alpha value is -0.900. The minimum atomic E-state index is -0.611. The van der Waals surface area contributed by atoms with Crippen molar-refractivity contribution in [1.82, 2.24) is 5.32 Å². The van der Waals surface area contributed by atoms with Gasteiger partial charge in [-0.2, -0.15) is 0 Å². The first-order valence-corrected chi connectivity index (χ1v) is 5.63. The van der Waals surface area contributed by atoms with Gasteiger partial charge < -0.3 is 15.5 Å². The molecule has 0 aliphatic carbocycles. The summed E-state index contributed by atoms with van der Waals surface area (Å²) in [5.74, 6) is 0. The van der Waals surface area contributed by atoms with Crippen molar-refractivity contribution in [3.8, 4) is 0 Å². The molecule has 1 rings (SSSR count). The van der Waals surface area contributed by atoms with Crippen LogP contribution >= 0.6 is 0 Å². The Labute approximate surface area is 97.1 Å². The van der Waals surface area contributed by atoms with Crippen LogP contribution in [0.5, 0.6) is 0 Å². The summed E-state index contributed by atoms with van der Waals surface area (Å²) in [5, 5.41) is 21.8. The highest BCUT2D eigenvalue weighted by atomic mass is 16.3. The maximum absolute atomic E-state index is 9.52. The normalized spacial score (nSPS) is 11.8. The summed E-state index contributed by atoms with van der Waals surface area (Å²) in [6.45, 7) is 5.25. The third-order valence-electron chi connectivity index (χ3n) is 2.42. The van der Waals surface area contributed by atoms with Crippen LogP contribution in [0, 0.1) is 0 Å². The zero-order chi connectivity index (χ0) is 12.0. The Morgan fingerprint density at radius 3 is 2.56 bits per heavy atom. The fourth-order valence-corrected chi connectivity index (χ4v) is 1.46. The maximum atomic E-state index is 9.52. The standard InChI is InChI=1S/C13H21NO2/c1-13(2,16)6-7-14-9-11-4-3-5-12(8-11)10-15/h3-5,8,14-16H,6-7,9-10H2,1-2H3. The van der Waals surface area contributed by atoms with E-state index in [2.05, 4.69) is 5.32 Å². The quantitative estimate of drug-likeness (QED) is 0.639. The van der Waals surface area contributed by atoms with E-state index in [9.17, 15) is 5.11 Å². The molecular formula is C13H21NO2. The molecule has 0 aliphatic heterocycles. The zero-order valence-corrected chi connectivity index (χ0v) is 10.0. The lowest BCUT2D eigenvalue weighted by Crippen LogP contribution is -2.26. The number of aliphatic hydroxyl groups is 2. The van der Waals surface area contributed by atoms with E-state index in [1.807, 2.05) is 24.3 Å². The van der Waals surface area contributed by atoms with Crippen molar-refractivity contribution in [3.05, 3.63) is 35.4 Å². The van der Waals surface area contributed by atoms with Crippen molar-refractivity contribution in [1.29, 1.82) is 0 Å². The summed E-state index contributed by atoms with van der Waals surface area (Å²) in [6, 6.07) is 7.85. The predicted octanol–water partition coefficient (Wildman–Crippen LogP) is 1.43. The molecule has 0 spiro atoms. The molecule has 0 amide bonds. The smallest absolute Gasteiger partial charge is 0.0681 e. The Kier molecular flexibility index (Phi) is 4.93. The van der Waals surface area contributed by atoms with Crippen molar-refractivity contribution >= 4 is 0 Å². The molecule has 0 radical (unpaired) electrons. The molecule has 1 aromatic rings. The summed E-state index contributed by atoms with van der Waals surface area (Å²) >= 11 is 0. The Bertz CT molecular complexity index is 318. The Morgan fingerprint density at radius 2 is 1.94 bits per heavy atom. The van der Waals surface area contributed by atoms with Gasteiger partial charge in [0.2, 0.25) is 0 Å². The van der Waals surface area contributed by atoms with E-state index in [1.165, 1.54) is 0 Å². The molecular weight excluding hydrogens is 202 g/mol. The molecule has 90 valence electrons. The van der Waals surface area contributed by atoms with Crippen molar-refractivity contribution in [2.45, 2.75) is 39.0 Å². The summed E-state index contributed by atoms with van der Waals surface area (Å²) in [6.07, 6.45) is 0.729. The second-order valence-electron chi connectivity index (χ2n) is 4.72. The van der Waals surface area contributed by atoms with Crippen molar-refractivity contribution in [2.75, 3.05) is 6.54 Å². The minimum Gasteiger partial charge on any atom is -0.392 e. The molecule has 0 saturated heterocycles. The third kappa shape index (κ3) is 5.26. The summed E-state index contributed by atoms with van der Waals surface area (Å²) in [4.78, 5) is 0.